The van der Waals surface area contributed by atoms with E-state index in [0.29, 0.717) is 18.3 Å². The van der Waals surface area contributed by atoms with Crippen LogP contribution in [0, 0.1) is 5.92 Å². The lowest BCUT2D eigenvalue weighted by molar-refractivity contribution is -0.131. The van der Waals surface area contributed by atoms with E-state index in [4.69, 9.17) is 5.73 Å². The Balaban J connectivity index is 0.00000220. The topological polar surface area (TPSA) is 46.3 Å². The molecule has 1 aromatic carbocycles. The van der Waals surface area contributed by atoms with Gasteiger partial charge in [0.05, 0.1) is 0 Å². The van der Waals surface area contributed by atoms with Crippen LogP contribution in [0.3, 0.4) is 0 Å². The van der Waals surface area contributed by atoms with Crippen molar-refractivity contribution in [2.75, 3.05) is 13.6 Å². The first kappa shape index (κ1) is 18.0. The zero-order valence-electron chi connectivity index (χ0n) is 13.0. The van der Waals surface area contributed by atoms with Crippen LogP contribution in [-0.4, -0.2) is 30.4 Å². The molecule has 3 nitrogen and oxygen atoms in total. The van der Waals surface area contributed by atoms with Crippen LogP contribution in [0.25, 0.3) is 0 Å². The number of nitrogens with two attached hydrogens (primary N) is 1. The van der Waals surface area contributed by atoms with Gasteiger partial charge in [-0.15, -0.1) is 12.4 Å². The fourth-order valence-corrected chi connectivity index (χ4v) is 3.10. The van der Waals surface area contributed by atoms with E-state index < -0.39 is 0 Å². The van der Waals surface area contributed by atoms with Crippen LogP contribution < -0.4 is 5.73 Å². The second-order valence-corrected chi connectivity index (χ2v) is 6.14. The van der Waals surface area contributed by atoms with Crippen LogP contribution in [0.15, 0.2) is 30.3 Å². The van der Waals surface area contributed by atoms with Crippen LogP contribution in [0.5, 0.6) is 0 Å². The molecule has 0 heterocycles. The monoisotopic (exact) mass is 310 g/mol. The molecule has 1 aliphatic carbocycles. The van der Waals surface area contributed by atoms with Crippen molar-refractivity contribution < 1.29 is 4.79 Å². The number of carbonyl (C=O) groups excluding carboxylic acids is 1. The Hall–Kier alpha value is -1.06. The molecule has 2 rings (SSSR count). The fourth-order valence-electron chi connectivity index (χ4n) is 3.10. The maximum Gasteiger partial charge on any atom is 0.222 e. The Morgan fingerprint density at radius 1 is 1.33 bits per heavy atom. The summed E-state index contributed by atoms with van der Waals surface area (Å²) in [4.78, 5) is 14.1. The van der Waals surface area contributed by atoms with E-state index in [1.165, 1.54) is 12.0 Å². The Labute approximate surface area is 134 Å². The maximum absolute atomic E-state index is 12.3. The molecule has 0 aromatic heterocycles. The van der Waals surface area contributed by atoms with E-state index in [0.717, 1.165) is 19.4 Å². The number of likely N-dealkylation sites (N-methyl/N-ethyl adjacent to an activating group) is 1. The van der Waals surface area contributed by atoms with Gasteiger partial charge in [0.15, 0.2) is 0 Å². The fraction of sp³-hybridized carbons (Fsp3) is 0.588. The average Bonchev–Trinajstić information content (AvgIpc) is 2.85. The van der Waals surface area contributed by atoms with Crippen LogP contribution in [-0.2, 0) is 4.79 Å². The first-order chi connectivity index (χ1) is 9.58. The second-order valence-electron chi connectivity index (χ2n) is 6.14. The summed E-state index contributed by atoms with van der Waals surface area (Å²) in [5.74, 6) is 0.981. The van der Waals surface area contributed by atoms with Crippen LogP contribution in [0.1, 0.15) is 44.1 Å². The molecule has 1 unspecified atom stereocenters. The number of amides is 1. The van der Waals surface area contributed by atoms with Gasteiger partial charge >= 0.3 is 0 Å². The molecule has 1 fully saturated rings. The number of nitrogens with zero attached hydrogens (tertiary/aromatic N) is 1. The first-order valence-corrected chi connectivity index (χ1v) is 7.62. The molecular formula is C17H27ClN2O. The maximum atomic E-state index is 12.3. The molecule has 118 valence electrons. The van der Waals surface area contributed by atoms with Gasteiger partial charge in [-0.25, -0.2) is 0 Å². The SMILES string of the molecule is CC(CN(C)C(=O)C[C@@H]1CCC[C@H]1N)c1ccccc1.Cl. The Morgan fingerprint density at radius 2 is 2.00 bits per heavy atom. The number of benzene rings is 1. The lowest BCUT2D eigenvalue weighted by Crippen LogP contribution is -2.34. The molecule has 4 heteroatoms. The number of hydrogen-bond donors (Lipinski definition) is 1. The minimum Gasteiger partial charge on any atom is -0.345 e. The van der Waals surface area contributed by atoms with Crippen LogP contribution >= 0.6 is 12.4 Å². The van der Waals surface area contributed by atoms with Crippen molar-refractivity contribution in [1.82, 2.24) is 4.90 Å². The van der Waals surface area contributed by atoms with Crippen molar-refractivity contribution in [2.24, 2.45) is 11.7 Å². The van der Waals surface area contributed by atoms with Crippen molar-refractivity contribution in [3.05, 3.63) is 35.9 Å². The molecule has 1 aromatic rings. The van der Waals surface area contributed by atoms with Crippen molar-refractivity contribution in [3.8, 4) is 0 Å². The van der Waals surface area contributed by atoms with E-state index in [1.54, 1.807) is 0 Å². The number of hydrogen-bond acceptors (Lipinski definition) is 2. The number of halogens is 1. The molecule has 1 saturated carbocycles. The van der Waals surface area contributed by atoms with E-state index >= 15 is 0 Å². The molecule has 0 aliphatic heterocycles. The van der Waals surface area contributed by atoms with Gasteiger partial charge in [-0.05, 0) is 30.2 Å². The summed E-state index contributed by atoms with van der Waals surface area (Å²) >= 11 is 0. The summed E-state index contributed by atoms with van der Waals surface area (Å²) in [6, 6.07) is 10.6. The summed E-state index contributed by atoms with van der Waals surface area (Å²) < 4.78 is 0. The molecule has 1 amide bonds. The Kier molecular flexibility index (Phi) is 7.20. The highest BCUT2D eigenvalue weighted by molar-refractivity contribution is 5.85. The van der Waals surface area contributed by atoms with Crippen LogP contribution in [0.4, 0.5) is 0 Å². The lowest BCUT2D eigenvalue weighted by Gasteiger charge is -2.24. The van der Waals surface area contributed by atoms with Crippen molar-refractivity contribution in [1.29, 1.82) is 0 Å². The minimum atomic E-state index is 0. The van der Waals surface area contributed by atoms with Crippen molar-refractivity contribution in [2.45, 2.75) is 44.6 Å². The number of rotatable bonds is 5. The van der Waals surface area contributed by atoms with Gasteiger partial charge in [0, 0.05) is 26.1 Å². The third-order valence-electron chi connectivity index (χ3n) is 4.50. The zero-order valence-corrected chi connectivity index (χ0v) is 13.8. The highest BCUT2D eigenvalue weighted by Gasteiger charge is 2.27. The van der Waals surface area contributed by atoms with Gasteiger partial charge in [-0.3, -0.25) is 4.79 Å². The van der Waals surface area contributed by atoms with Gasteiger partial charge < -0.3 is 10.6 Å². The van der Waals surface area contributed by atoms with Gasteiger partial charge in [0.2, 0.25) is 5.91 Å². The smallest absolute Gasteiger partial charge is 0.222 e. The summed E-state index contributed by atoms with van der Waals surface area (Å²) in [5.41, 5.74) is 7.33. The summed E-state index contributed by atoms with van der Waals surface area (Å²) in [7, 11) is 1.91. The lowest BCUT2D eigenvalue weighted by atomic mass is 9.98. The predicted octanol–water partition coefficient (Wildman–Crippen LogP) is 3.19. The Morgan fingerprint density at radius 3 is 2.57 bits per heavy atom. The minimum absolute atomic E-state index is 0. The third kappa shape index (κ3) is 5.01. The molecule has 0 saturated heterocycles. The van der Waals surface area contributed by atoms with Gasteiger partial charge in [0.25, 0.3) is 0 Å². The molecule has 2 N–H and O–H groups in total. The van der Waals surface area contributed by atoms with E-state index in [2.05, 4.69) is 19.1 Å². The molecule has 0 radical (unpaired) electrons. The number of carbonyl (C=O) groups is 1. The predicted molar refractivity (Wildman–Crippen MR) is 89.7 cm³/mol. The molecule has 0 bridgehead atoms. The molecule has 1 aliphatic rings. The van der Waals surface area contributed by atoms with E-state index in [1.807, 2.05) is 30.1 Å². The Bertz CT molecular complexity index is 438. The third-order valence-corrected chi connectivity index (χ3v) is 4.50. The average molecular weight is 311 g/mol. The first-order valence-electron chi connectivity index (χ1n) is 7.62. The molecule has 0 spiro atoms. The highest BCUT2D eigenvalue weighted by atomic mass is 35.5. The second kappa shape index (κ2) is 8.40. The van der Waals surface area contributed by atoms with E-state index in [9.17, 15) is 4.79 Å². The molecule has 3 atom stereocenters. The van der Waals surface area contributed by atoms with Crippen molar-refractivity contribution >= 4 is 18.3 Å². The summed E-state index contributed by atoms with van der Waals surface area (Å²) in [6.45, 7) is 2.94. The quantitative estimate of drug-likeness (QED) is 0.908. The summed E-state index contributed by atoms with van der Waals surface area (Å²) in [5, 5.41) is 0. The zero-order chi connectivity index (χ0) is 14.5. The van der Waals surface area contributed by atoms with E-state index in [-0.39, 0.29) is 24.4 Å². The normalized spacial score (nSPS) is 22.4. The van der Waals surface area contributed by atoms with Gasteiger partial charge in [-0.2, -0.15) is 0 Å². The summed E-state index contributed by atoms with van der Waals surface area (Å²) in [6.07, 6.45) is 3.96. The molecule has 21 heavy (non-hydrogen) atoms. The van der Waals surface area contributed by atoms with Gasteiger partial charge in [0.1, 0.15) is 0 Å². The standard InChI is InChI=1S/C17H26N2O.ClH/c1-13(14-7-4-3-5-8-14)12-19(2)17(20)11-15-9-6-10-16(15)18;/h3-5,7-8,13,15-16H,6,9-12,18H2,1-2H3;1H/t13?,15-,16+;/m0./s1. The van der Waals surface area contributed by atoms with Crippen molar-refractivity contribution in [3.63, 3.8) is 0 Å². The van der Waals surface area contributed by atoms with Gasteiger partial charge in [-0.1, -0.05) is 43.7 Å². The molecular weight excluding hydrogens is 284 g/mol. The largest absolute Gasteiger partial charge is 0.345 e. The van der Waals surface area contributed by atoms with Crippen LogP contribution in [0.2, 0.25) is 0 Å². The highest BCUT2D eigenvalue weighted by Crippen LogP contribution is 2.27.